The van der Waals surface area contributed by atoms with Crippen molar-refractivity contribution in [3.05, 3.63) is 60.7 Å². The van der Waals surface area contributed by atoms with Gasteiger partial charge in [-0.1, -0.05) is 133 Å². The molecule has 3 atom stereocenters. The molecule has 3 rings (SSSR count). The number of rotatable bonds is 11. The van der Waals surface area contributed by atoms with E-state index in [0.717, 1.165) is 25.9 Å². The van der Waals surface area contributed by atoms with Gasteiger partial charge in [-0.3, -0.25) is 0 Å². The average Bonchev–Trinajstić information content (AvgIpc) is 3.12. The fraction of sp³-hybridized carbons (Fsp3) is 0.600. The summed E-state index contributed by atoms with van der Waals surface area (Å²) >= 11 is 0. The largest absolute Gasteiger partial charge is 0.407 e. The van der Waals surface area contributed by atoms with Gasteiger partial charge in [-0.2, -0.15) is 0 Å². The van der Waals surface area contributed by atoms with E-state index in [-0.39, 0.29) is 22.0 Å². The number of ether oxygens (including phenoxy) is 1. The van der Waals surface area contributed by atoms with Crippen molar-refractivity contribution in [1.29, 1.82) is 0 Å². The second kappa shape index (κ2) is 13.0. The summed E-state index contributed by atoms with van der Waals surface area (Å²) in [5.41, 5.74) is -0.00142. The summed E-state index contributed by atoms with van der Waals surface area (Å²) in [6.45, 7) is 17.3. The minimum atomic E-state index is -2.55. The summed E-state index contributed by atoms with van der Waals surface area (Å²) in [5.74, 6) is 7.74. The SMILES string of the molecule is CCCCCC[C@@H](C#C[C@]1(C)CC[C@H](CO[Si](c2ccccc2)(c2ccccc2)C(C)(C)C)C1(C)C)OC. The summed E-state index contributed by atoms with van der Waals surface area (Å²) in [5, 5.41) is 2.69. The van der Waals surface area contributed by atoms with Crippen LogP contribution in [0.25, 0.3) is 0 Å². The summed E-state index contributed by atoms with van der Waals surface area (Å²) in [4.78, 5) is 0. The van der Waals surface area contributed by atoms with Crippen LogP contribution in [-0.2, 0) is 9.16 Å². The summed E-state index contributed by atoms with van der Waals surface area (Å²) in [6, 6.07) is 22.0. The van der Waals surface area contributed by atoms with Gasteiger partial charge in [0.05, 0.1) is 0 Å². The molecule has 1 aliphatic rings. The number of methoxy groups -OCH3 is 1. The van der Waals surface area contributed by atoms with Gasteiger partial charge in [0.25, 0.3) is 8.32 Å². The van der Waals surface area contributed by atoms with Crippen LogP contribution in [0.3, 0.4) is 0 Å². The smallest absolute Gasteiger partial charge is 0.261 e. The van der Waals surface area contributed by atoms with Crippen LogP contribution in [0, 0.1) is 28.6 Å². The predicted octanol–water partition coefficient (Wildman–Crippen LogP) is 7.99. The molecule has 208 valence electrons. The van der Waals surface area contributed by atoms with Crippen LogP contribution in [0.2, 0.25) is 5.04 Å². The maximum Gasteiger partial charge on any atom is 0.261 e. The quantitative estimate of drug-likeness (QED) is 0.166. The Morgan fingerprint density at radius 2 is 1.50 bits per heavy atom. The van der Waals surface area contributed by atoms with E-state index >= 15 is 0 Å². The molecule has 0 N–H and O–H groups in total. The van der Waals surface area contributed by atoms with E-state index in [9.17, 15) is 0 Å². The lowest BCUT2D eigenvalue weighted by molar-refractivity contribution is 0.0956. The molecular formula is C35H52O2Si. The summed E-state index contributed by atoms with van der Waals surface area (Å²) in [7, 11) is -0.739. The third kappa shape index (κ3) is 6.47. The van der Waals surface area contributed by atoms with Crippen molar-refractivity contribution in [1.82, 2.24) is 0 Å². The van der Waals surface area contributed by atoms with Gasteiger partial charge in [0, 0.05) is 19.1 Å². The van der Waals surface area contributed by atoms with E-state index in [1.165, 1.54) is 36.1 Å². The number of benzene rings is 2. The van der Waals surface area contributed by atoms with E-state index in [4.69, 9.17) is 9.16 Å². The van der Waals surface area contributed by atoms with Gasteiger partial charge in [0.1, 0.15) is 6.10 Å². The van der Waals surface area contributed by atoms with Gasteiger partial charge in [-0.25, -0.2) is 0 Å². The molecule has 0 aromatic heterocycles. The second-order valence-electron chi connectivity index (χ2n) is 13.1. The van der Waals surface area contributed by atoms with E-state index in [1.807, 2.05) is 7.11 Å². The molecule has 1 saturated carbocycles. The van der Waals surface area contributed by atoms with Crippen molar-refractivity contribution in [2.75, 3.05) is 13.7 Å². The topological polar surface area (TPSA) is 18.5 Å². The van der Waals surface area contributed by atoms with E-state index in [1.54, 1.807) is 0 Å². The minimum Gasteiger partial charge on any atom is -0.407 e. The number of hydrogen-bond acceptors (Lipinski definition) is 2. The fourth-order valence-corrected chi connectivity index (χ4v) is 11.0. The van der Waals surface area contributed by atoms with Gasteiger partial charge in [0.2, 0.25) is 0 Å². The van der Waals surface area contributed by atoms with E-state index in [0.29, 0.717) is 5.92 Å². The lowest BCUT2D eigenvalue weighted by atomic mass is 9.66. The van der Waals surface area contributed by atoms with Gasteiger partial charge in [-0.05, 0) is 59.4 Å². The first kappa shape index (κ1) is 30.7. The van der Waals surface area contributed by atoms with Gasteiger partial charge in [0.15, 0.2) is 0 Å². The minimum absolute atomic E-state index is 0.00890. The Kier molecular flexibility index (Phi) is 10.5. The molecule has 0 bridgehead atoms. The Bertz CT molecular complexity index is 1000. The van der Waals surface area contributed by atoms with Crippen LogP contribution in [0.1, 0.15) is 93.4 Å². The molecule has 2 aromatic rings. The van der Waals surface area contributed by atoms with Gasteiger partial charge < -0.3 is 9.16 Å². The molecule has 38 heavy (non-hydrogen) atoms. The first-order chi connectivity index (χ1) is 18.0. The molecule has 0 saturated heterocycles. The van der Waals surface area contributed by atoms with Crippen molar-refractivity contribution in [2.24, 2.45) is 16.7 Å². The van der Waals surface area contributed by atoms with Gasteiger partial charge in [-0.15, -0.1) is 0 Å². The molecule has 0 spiro atoms. The van der Waals surface area contributed by atoms with Crippen molar-refractivity contribution in [2.45, 2.75) is 105 Å². The zero-order chi connectivity index (χ0) is 27.9. The fourth-order valence-electron chi connectivity index (χ4n) is 6.34. The van der Waals surface area contributed by atoms with Crippen LogP contribution >= 0.6 is 0 Å². The molecule has 0 heterocycles. The molecule has 0 amide bonds. The summed E-state index contributed by atoms with van der Waals surface area (Å²) in [6.07, 6.45) is 8.32. The zero-order valence-corrected chi connectivity index (χ0v) is 26.4. The molecule has 1 aliphatic carbocycles. The maximum absolute atomic E-state index is 7.37. The Hall–Kier alpha value is -1.86. The maximum atomic E-state index is 7.37. The molecule has 0 radical (unpaired) electrons. The van der Waals surface area contributed by atoms with Crippen molar-refractivity contribution < 1.29 is 9.16 Å². The highest BCUT2D eigenvalue weighted by Gasteiger charge is 2.54. The normalized spacial score (nSPS) is 22.1. The highest BCUT2D eigenvalue weighted by Crippen LogP contribution is 2.56. The molecule has 2 nitrogen and oxygen atoms in total. The van der Waals surface area contributed by atoms with E-state index in [2.05, 4.69) is 121 Å². The van der Waals surface area contributed by atoms with Crippen molar-refractivity contribution >= 4 is 18.7 Å². The molecule has 1 fully saturated rings. The van der Waals surface area contributed by atoms with Crippen molar-refractivity contribution in [3.63, 3.8) is 0 Å². The van der Waals surface area contributed by atoms with Crippen LogP contribution in [0.4, 0.5) is 0 Å². The molecule has 0 unspecified atom stereocenters. The lowest BCUT2D eigenvalue weighted by Crippen LogP contribution is -2.67. The Balaban J connectivity index is 1.86. The second-order valence-corrected chi connectivity index (χ2v) is 17.4. The number of unbranched alkanes of at least 4 members (excludes halogenated alkanes) is 3. The first-order valence-electron chi connectivity index (χ1n) is 14.8. The Morgan fingerprint density at radius 3 is 2.00 bits per heavy atom. The third-order valence-corrected chi connectivity index (χ3v) is 14.5. The highest BCUT2D eigenvalue weighted by atomic mass is 28.4. The zero-order valence-electron chi connectivity index (χ0n) is 25.4. The monoisotopic (exact) mass is 532 g/mol. The predicted molar refractivity (Wildman–Crippen MR) is 166 cm³/mol. The average molecular weight is 533 g/mol. The van der Waals surface area contributed by atoms with Crippen LogP contribution < -0.4 is 10.4 Å². The van der Waals surface area contributed by atoms with Crippen LogP contribution in [-0.4, -0.2) is 28.1 Å². The molecular weight excluding hydrogens is 480 g/mol. The first-order valence-corrected chi connectivity index (χ1v) is 16.7. The highest BCUT2D eigenvalue weighted by molar-refractivity contribution is 6.99. The number of hydrogen-bond donors (Lipinski definition) is 0. The lowest BCUT2D eigenvalue weighted by Gasteiger charge is -2.45. The van der Waals surface area contributed by atoms with E-state index < -0.39 is 8.32 Å². The van der Waals surface area contributed by atoms with Crippen LogP contribution in [0.15, 0.2) is 60.7 Å². The standard InChI is InChI=1S/C35H52O2Si/c1-9-10-11-14-19-30(36-8)25-27-35(7)26-24-29(34(35,5)6)28-37-38(33(2,3)4,31-20-15-12-16-21-31)32-22-17-13-18-23-32/h12-13,15-18,20-23,29-30H,9-11,14,19,24,26,28H2,1-8H3/t29-,30+,35+/m1/s1. The van der Waals surface area contributed by atoms with Crippen molar-refractivity contribution in [3.8, 4) is 11.8 Å². The van der Waals surface area contributed by atoms with Gasteiger partial charge >= 0.3 is 0 Å². The molecule has 0 aliphatic heterocycles. The Morgan fingerprint density at radius 1 is 0.921 bits per heavy atom. The summed E-state index contributed by atoms with van der Waals surface area (Å²) < 4.78 is 13.1. The molecule has 3 heteroatoms. The third-order valence-electron chi connectivity index (χ3n) is 9.47. The molecule has 2 aromatic carbocycles. The Labute approximate surface area is 235 Å². The van der Waals surface area contributed by atoms with Crippen LogP contribution in [0.5, 0.6) is 0 Å².